The van der Waals surface area contributed by atoms with Crippen LogP contribution in [0.25, 0.3) is 22.3 Å². The predicted octanol–water partition coefficient (Wildman–Crippen LogP) is 15.7. The summed E-state index contributed by atoms with van der Waals surface area (Å²) in [5.41, 5.74) is 18.0. The quantitative estimate of drug-likeness (QED) is 0.167. The van der Waals surface area contributed by atoms with Gasteiger partial charge in [-0.05, 0) is 131 Å². The smallest absolute Gasteiger partial charge is 0.0887 e. The third-order valence-electron chi connectivity index (χ3n) is 13.9. The summed E-state index contributed by atoms with van der Waals surface area (Å²) in [5, 5.41) is 0.714. The summed E-state index contributed by atoms with van der Waals surface area (Å²) in [4.78, 5) is 4.74. The van der Waals surface area contributed by atoms with Gasteiger partial charge in [-0.2, -0.15) is 0 Å². The van der Waals surface area contributed by atoms with Gasteiger partial charge in [-0.3, -0.25) is 0 Å². The molecule has 11 rings (SSSR count). The molecular weight excluding hydrogens is 712 g/mol. The van der Waals surface area contributed by atoms with E-state index >= 15 is 0 Å². The van der Waals surface area contributed by atoms with Crippen LogP contribution in [-0.2, 0) is 10.8 Å². The largest absolute Gasteiger partial charge is 0.309 e. The molecule has 2 saturated carbocycles. The van der Waals surface area contributed by atoms with Gasteiger partial charge < -0.3 is 9.80 Å². The first-order chi connectivity index (χ1) is 28.2. The summed E-state index contributed by atoms with van der Waals surface area (Å²) in [5.74, 6) is 0. The average molecular weight is 759 g/mol. The van der Waals surface area contributed by atoms with Crippen molar-refractivity contribution in [2.75, 3.05) is 9.80 Å². The molecule has 7 aromatic rings. The van der Waals surface area contributed by atoms with Crippen LogP contribution in [0, 0.1) is 0 Å². The number of hydrogen-bond acceptors (Lipinski definition) is 2. The lowest BCUT2D eigenvalue weighted by Crippen LogP contribution is -2.28. The second-order valence-electron chi connectivity index (χ2n) is 16.8. The summed E-state index contributed by atoms with van der Waals surface area (Å²) in [6.07, 6.45) is 12.6. The Hall–Kier alpha value is -5.57. The van der Waals surface area contributed by atoms with Crippen molar-refractivity contribution >= 4 is 45.7 Å². The number of fused-ring (bicyclic) bond motifs is 10. The van der Waals surface area contributed by atoms with E-state index in [2.05, 4.69) is 174 Å². The van der Waals surface area contributed by atoms with Crippen LogP contribution < -0.4 is 9.80 Å². The molecule has 4 aliphatic rings. The second kappa shape index (κ2) is 13.8. The topological polar surface area (TPSA) is 6.48 Å². The zero-order valence-electron chi connectivity index (χ0n) is 32.4. The molecule has 0 atom stereocenters. The first kappa shape index (κ1) is 34.7. The molecule has 0 N–H and O–H groups in total. The second-order valence-corrected chi connectivity index (χ2v) is 17.2. The zero-order valence-corrected chi connectivity index (χ0v) is 33.2. The third-order valence-corrected chi connectivity index (χ3v) is 14.3. The van der Waals surface area contributed by atoms with Crippen molar-refractivity contribution in [1.29, 1.82) is 0 Å². The lowest BCUT2D eigenvalue weighted by Gasteiger charge is -2.37. The van der Waals surface area contributed by atoms with E-state index in [-0.39, 0.29) is 10.8 Å². The lowest BCUT2D eigenvalue weighted by atomic mass is 9.68. The number of para-hydroxylation sites is 2. The molecule has 2 spiro atoms. The van der Waals surface area contributed by atoms with E-state index in [1.165, 1.54) is 109 Å². The van der Waals surface area contributed by atoms with E-state index in [9.17, 15) is 0 Å². The molecule has 0 bridgehead atoms. The van der Waals surface area contributed by atoms with E-state index in [1.807, 2.05) is 0 Å². The van der Waals surface area contributed by atoms with E-state index in [1.54, 1.807) is 0 Å². The first-order valence-electron chi connectivity index (χ1n) is 21.1. The van der Waals surface area contributed by atoms with Crippen LogP contribution in [0.5, 0.6) is 0 Å². The predicted molar refractivity (Wildman–Crippen MR) is 239 cm³/mol. The fourth-order valence-corrected chi connectivity index (χ4v) is 11.7. The molecule has 0 saturated heterocycles. The van der Waals surface area contributed by atoms with E-state index in [4.69, 9.17) is 11.6 Å². The molecule has 0 radical (unpaired) electrons. The Bertz CT molecular complexity index is 2620. The fraction of sp³-hybridized carbons (Fsp3) is 0.222. The minimum atomic E-state index is 0.0562. The van der Waals surface area contributed by atoms with Crippen LogP contribution >= 0.6 is 11.6 Å². The maximum atomic E-state index is 7.86. The Morgan fingerprint density at radius 1 is 0.333 bits per heavy atom. The summed E-state index contributed by atoms with van der Waals surface area (Å²) < 4.78 is 0. The van der Waals surface area contributed by atoms with Gasteiger partial charge in [-0.15, -0.1) is 0 Å². The van der Waals surface area contributed by atoms with Gasteiger partial charge in [0.25, 0.3) is 0 Å². The summed E-state index contributed by atoms with van der Waals surface area (Å²) in [6.45, 7) is 0. The molecule has 0 unspecified atom stereocenters. The maximum Gasteiger partial charge on any atom is 0.0887 e. The molecule has 280 valence electrons. The highest BCUT2D eigenvalue weighted by molar-refractivity contribution is 6.36. The molecule has 3 heteroatoms. The van der Waals surface area contributed by atoms with E-state index < -0.39 is 0 Å². The maximum absolute atomic E-state index is 7.86. The summed E-state index contributed by atoms with van der Waals surface area (Å²) in [7, 11) is 0. The molecule has 7 aromatic carbocycles. The molecule has 4 aliphatic carbocycles. The van der Waals surface area contributed by atoms with Gasteiger partial charge in [0.2, 0.25) is 0 Å². The van der Waals surface area contributed by atoms with E-state index in [0.717, 1.165) is 34.1 Å². The van der Waals surface area contributed by atoms with Crippen LogP contribution in [0.1, 0.15) is 86.5 Å². The Morgan fingerprint density at radius 3 is 1.35 bits per heavy atom. The molecule has 57 heavy (non-hydrogen) atoms. The van der Waals surface area contributed by atoms with Gasteiger partial charge in [0.1, 0.15) is 0 Å². The number of halogens is 1. The molecular formula is C54H47ClN2. The molecule has 0 aliphatic heterocycles. The minimum absolute atomic E-state index is 0.0562. The van der Waals surface area contributed by atoms with Gasteiger partial charge >= 0.3 is 0 Å². The zero-order chi connectivity index (χ0) is 38.0. The van der Waals surface area contributed by atoms with Crippen LogP contribution in [0.3, 0.4) is 0 Å². The number of benzene rings is 7. The third kappa shape index (κ3) is 5.37. The molecule has 0 heterocycles. The van der Waals surface area contributed by atoms with Gasteiger partial charge in [-0.1, -0.05) is 153 Å². The highest BCUT2D eigenvalue weighted by Crippen LogP contribution is 2.59. The molecule has 0 amide bonds. The van der Waals surface area contributed by atoms with Crippen molar-refractivity contribution in [1.82, 2.24) is 0 Å². The average Bonchev–Trinajstić information content (AvgIpc) is 3.69. The van der Waals surface area contributed by atoms with Crippen LogP contribution in [-0.4, -0.2) is 0 Å². The van der Waals surface area contributed by atoms with Crippen LogP contribution in [0.4, 0.5) is 34.1 Å². The Kier molecular flexibility index (Phi) is 8.40. The van der Waals surface area contributed by atoms with Crippen molar-refractivity contribution in [2.24, 2.45) is 0 Å². The molecule has 0 aromatic heterocycles. The van der Waals surface area contributed by atoms with E-state index in [0.29, 0.717) is 5.02 Å². The van der Waals surface area contributed by atoms with Crippen molar-refractivity contribution in [3.05, 3.63) is 191 Å². The monoisotopic (exact) mass is 758 g/mol. The minimum Gasteiger partial charge on any atom is -0.309 e. The Morgan fingerprint density at radius 2 is 0.772 bits per heavy atom. The van der Waals surface area contributed by atoms with Gasteiger partial charge in [0.05, 0.1) is 16.4 Å². The standard InChI is InChI=1S/C54H47ClN2/c55-52-50(56(38-18-5-1-6-19-38)40-29-31-48-45(36-40)43-23-10-12-25-47(43)53(48)32-13-3-14-33-53)26-17-27-51(52)57(39-20-7-2-8-21-39)41-28-30-44-42-22-9-11-24-46(42)54(49(44)37-41)34-15-4-16-35-54/h1-2,5-12,17-31,36-37H,3-4,13-16,32-35H2. The lowest BCUT2D eigenvalue weighted by molar-refractivity contribution is 0.353. The highest BCUT2D eigenvalue weighted by atomic mass is 35.5. The SMILES string of the molecule is Clc1c(N(c2ccccc2)c2ccc3c(c2)-c2ccccc2C32CCCCC2)cccc1N(c1ccccc1)c1ccc2c(c1)C1(CCCCC1)c1ccccc1-2. The van der Waals surface area contributed by atoms with Gasteiger partial charge in [0, 0.05) is 33.6 Å². The summed E-state index contributed by atoms with van der Waals surface area (Å²) in [6, 6.07) is 60.7. The number of nitrogens with zero attached hydrogens (tertiary/aromatic N) is 2. The van der Waals surface area contributed by atoms with Crippen molar-refractivity contribution in [3.63, 3.8) is 0 Å². The van der Waals surface area contributed by atoms with Crippen molar-refractivity contribution in [3.8, 4) is 22.3 Å². The molecule has 2 nitrogen and oxygen atoms in total. The van der Waals surface area contributed by atoms with Gasteiger partial charge in [-0.25, -0.2) is 0 Å². The van der Waals surface area contributed by atoms with Crippen LogP contribution in [0.2, 0.25) is 5.02 Å². The normalized spacial score (nSPS) is 16.8. The Labute approximate surface area is 342 Å². The van der Waals surface area contributed by atoms with Crippen molar-refractivity contribution < 1.29 is 0 Å². The van der Waals surface area contributed by atoms with Gasteiger partial charge in [0.15, 0.2) is 0 Å². The summed E-state index contributed by atoms with van der Waals surface area (Å²) >= 11 is 7.86. The fourth-order valence-electron chi connectivity index (χ4n) is 11.4. The number of anilines is 6. The molecule has 2 fully saturated rings. The number of rotatable bonds is 6. The van der Waals surface area contributed by atoms with Crippen molar-refractivity contribution in [2.45, 2.75) is 75.0 Å². The Balaban J connectivity index is 1.07. The van der Waals surface area contributed by atoms with Crippen LogP contribution in [0.15, 0.2) is 164 Å². The highest BCUT2D eigenvalue weighted by Gasteiger charge is 2.45. The number of hydrogen-bond donors (Lipinski definition) is 0. The first-order valence-corrected chi connectivity index (χ1v) is 21.5.